The monoisotopic (exact) mass is 416 g/mol. The lowest BCUT2D eigenvalue weighted by Gasteiger charge is -2.33. The quantitative estimate of drug-likeness (QED) is 0.778. The van der Waals surface area contributed by atoms with Crippen LogP contribution in [-0.4, -0.2) is 43.9 Å². The van der Waals surface area contributed by atoms with E-state index in [1.165, 1.54) is 0 Å². The summed E-state index contributed by atoms with van der Waals surface area (Å²) >= 11 is 0. The smallest absolute Gasteiger partial charge is 0.344 e. The molecule has 1 saturated heterocycles. The van der Waals surface area contributed by atoms with Crippen molar-refractivity contribution >= 4 is 27.7 Å². The Bertz CT molecular complexity index is 1050. The van der Waals surface area contributed by atoms with Gasteiger partial charge < -0.3 is 15.4 Å². The molecule has 1 atom stereocenters. The second-order valence-corrected chi connectivity index (χ2v) is 8.79. The minimum Gasteiger partial charge on any atom is -0.492 e. The highest BCUT2D eigenvalue weighted by molar-refractivity contribution is 7.91. The van der Waals surface area contributed by atoms with Gasteiger partial charge in [-0.3, -0.25) is 4.72 Å². The van der Waals surface area contributed by atoms with Gasteiger partial charge in [0.1, 0.15) is 5.75 Å². The molecule has 0 amide bonds. The summed E-state index contributed by atoms with van der Waals surface area (Å²) in [5.41, 5.74) is 8.66. The maximum atomic E-state index is 11.7. The van der Waals surface area contributed by atoms with Crippen LogP contribution < -0.4 is 20.1 Å². The van der Waals surface area contributed by atoms with E-state index < -0.39 is 10.2 Å². The van der Waals surface area contributed by atoms with Crippen LogP contribution in [0.25, 0.3) is 0 Å². The summed E-state index contributed by atoms with van der Waals surface area (Å²) in [7, 11) is -3.81. The minimum atomic E-state index is -3.81. The zero-order chi connectivity index (χ0) is 20.6. The van der Waals surface area contributed by atoms with Crippen molar-refractivity contribution in [3.05, 3.63) is 41.2 Å². The Morgan fingerprint density at radius 2 is 2.03 bits per heavy atom. The number of amidine groups is 1. The van der Waals surface area contributed by atoms with Crippen LogP contribution in [0.3, 0.4) is 0 Å². The Hall–Kier alpha value is -2.88. The molecule has 29 heavy (non-hydrogen) atoms. The van der Waals surface area contributed by atoms with Crippen LogP contribution in [0.2, 0.25) is 0 Å². The fourth-order valence-corrected chi connectivity index (χ4v) is 4.62. The summed E-state index contributed by atoms with van der Waals surface area (Å²) in [6, 6.07) is 7.11. The number of nitrogens with one attached hydrogen (secondary N) is 1. The summed E-state index contributed by atoms with van der Waals surface area (Å²) in [6.45, 7) is 6.15. The van der Waals surface area contributed by atoms with E-state index in [9.17, 15) is 8.42 Å². The van der Waals surface area contributed by atoms with Gasteiger partial charge >= 0.3 is 10.2 Å². The summed E-state index contributed by atoms with van der Waals surface area (Å²) in [5.74, 6) is 1.51. The first-order chi connectivity index (χ1) is 13.8. The minimum absolute atomic E-state index is 0.0664. The van der Waals surface area contributed by atoms with Gasteiger partial charge in [-0.25, -0.2) is 9.97 Å². The molecule has 2 aromatic rings. The van der Waals surface area contributed by atoms with Crippen molar-refractivity contribution in [2.45, 2.75) is 26.7 Å². The molecule has 0 unspecified atom stereocenters. The first-order valence-electron chi connectivity index (χ1n) is 9.52. The summed E-state index contributed by atoms with van der Waals surface area (Å²) in [5, 5.41) is 0. The second-order valence-electron chi connectivity index (χ2n) is 7.45. The van der Waals surface area contributed by atoms with Gasteiger partial charge in [-0.15, -0.1) is 4.40 Å². The highest BCUT2D eigenvalue weighted by Gasteiger charge is 2.26. The maximum absolute atomic E-state index is 11.7. The number of piperidine rings is 1. The van der Waals surface area contributed by atoms with Gasteiger partial charge in [-0.2, -0.15) is 8.42 Å². The van der Waals surface area contributed by atoms with Gasteiger partial charge in [0.25, 0.3) is 0 Å². The number of nitrogens with zero attached hydrogens (tertiary/aromatic N) is 4. The van der Waals surface area contributed by atoms with E-state index in [4.69, 9.17) is 10.5 Å². The van der Waals surface area contributed by atoms with Crippen LogP contribution in [-0.2, 0) is 10.2 Å². The molecule has 0 radical (unpaired) electrons. The van der Waals surface area contributed by atoms with Crippen LogP contribution in [0.5, 0.6) is 5.75 Å². The van der Waals surface area contributed by atoms with Crippen LogP contribution >= 0.6 is 0 Å². The lowest BCUT2D eigenvalue weighted by atomic mass is 9.99. The Morgan fingerprint density at radius 1 is 1.28 bits per heavy atom. The number of hydrogen-bond donors (Lipinski definition) is 2. The van der Waals surface area contributed by atoms with E-state index in [1.807, 2.05) is 19.9 Å². The van der Waals surface area contributed by atoms with Crippen molar-refractivity contribution in [1.29, 1.82) is 0 Å². The summed E-state index contributed by atoms with van der Waals surface area (Å²) in [4.78, 5) is 11.3. The average Bonchev–Trinajstić information content (AvgIpc) is 2.64. The van der Waals surface area contributed by atoms with E-state index in [2.05, 4.69) is 24.0 Å². The van der Waals surface area contributed by atoms with Gasteiger partial charge in [-0.1, -0.05) is 6.07 Å². The maximum Gasteiger partial charge on any atom is 0.344 e. The fourth-order valence-electron chi connectivity index (χ4n) is 3.78. The predicted octanol–water partition coefficient (Wildman–Crippen LogP) is 1.76. The van der Waals surface area contributed by atoms with E-state index in [0.717, 1.165) is 43.3 Å². The molecule has 9 nitrogen and oxygen atoms in total. The molecule has 1 aromatic heterocycles. The zero-order valence-corrected chi connectivity index (χ0v) is 17.2. The summed E-state index contributed by atoms with van der Waals surface area (Å²) < 4.78 is 35.4. The number of nitrogens with two attached hydrogens (primary N) is 1. The number of ether oxygens (including phenoxy) is 1. The van der Waals surface area contributed by atoms with E-state index in [1.54, 1.807) is 18.2 Å². The first kappa shape index (κ1) is 19.4. The molecule has 3 heterocycles. The third kappa shape index (κ3) is 4.26. The topological polar surface area (TPSA) is 123 Å². The summed E-state index contributed by atoms with van der Waals surface area (Å²) in [6.07, 6.45) is 2.06. The Morgan fingerprint density at radius 3 is 2.79 bits per heavy atom. The van der Waals surface area contributed by atoms with E-state index in [-0.39, 0.29) is 5.84 Å². The Labute approximate surface area is 170 Å². The molecule has 2 aliphatic heterocycles. The number of fused-ring (bicyclic) bond motifs is 1. The number of benzene rings is 1. The van der Waals surface area contributed by atoms with Crippen LogP contribution in [0.4, 0.5) is 11.6 Å². The molecule has 0 spiro atoms. The van der Waals surface area contributed by atoms with Crippen LogP contribution in [0, 0.1) is 19.8 Å². The number of aryl methyl sites for hydroxylation is 2. The van der Waals surface area contributed by atoms with Crippen molar-refractivity contribution in [3.8, 4) is 5.75 Å². The number of aromatic nitrogens is 2. The molecule has 3 N–H and O–H groups in total. The molecule has 10 heteroatoms. The van der Waals surface area contributed by atoms with Crippen molar-refractivity contribution in [2.75, 3.05) is 29.3 Å². The molecule has 4 rings (SSSR count). The molecule has 0 saturated carbocycles. The van der Waals surface area contributed by atoms with Gasteiger partial charge in [-0.05, 0) is 44.9 Å². The Balaban J connectivity index is 1.47. The molecule has 1 fully saturated rings. The zero-order valence-electron chi connectivity index (χ0n) is 16.4. The van der Waals surface area contributed by atoms with Crippen molar-refractivity contribution in [3.63, 3.8) is 0 Å². The SMILES string of the molecule is Cc1cc(C)nc(N2CCC[C@H](COc3cccc4c3C(N)=NS(=O)(=O)N4)C2)n1. The van der Waals surface area contributed by atoms with Gasteiger partial charge in [0.15, 0.2) is 5.84 Å². The third-order valence-electron chi connectivity index (χ3n) is 4.99. The van der Waals surface area contributed by atoms with Crippen LogP contribution in [0.1, 0.15) is 29.8 Å². The molecule has 0 aliphatic carbocycles. The normalized spacial score (nSPS) is 20.4. The number of hydrogen-bond acceptors (Lipinski definition) is 7. The Kier molecular flexibility index (Phi) is 5.03. The highest BCUT2D eigenvalue weighted by atomic mass is 32.2. The molecule has 0 bridgehead atoms. The van der Waals surface area contributed by atoms with Gasteiger partial charge in [0.2, 0.25) is 5.95 Å². The molecule has 1 aromatic carbocycles. The molecule has 154 valence electrons. The fraction of sp³-hybridized carbons (Fsp3) is 0.421. The van der Waals surface area contributed by atoms with Gasteiger partial charge in [0, 0.05) is 30.4 Å². The van der Waals surface area contributed by atoms with Crippen molar-refractivity contribution in [2.24, 2.45) is 16.0 Å². The first-order valence-corrected chi connectivity index (χ1v) is 11.0. The third-order valence-corrected chi connectivity index (χ3v) is 5.90. The van der Waals surface area contributed by atoms with Crippen molar-refractivity contribution < 1.29 is 13.2 Å². The second kappa shape index (κ2) is 7.51. The number of rotatable bonds is 4. The van der Waals surface area contributed by atoms with E-state index in [0.29, 0.717) is 29.5 Å². The van der Waals surface area contributed by atoms with Crippen LogP contribution in [0.15, 0.2) is 28.7 Å². The molecule has 2 aliphatic rings. The average molecular weight is 417 g/mol. The van der Waals surface area contributed by atoms with E-state index >= 15 is 0 Å². The van der Waals surface area contributed by atoms with Crippen molar-refractivity contribution in [1.82, 2.24) is 9.97 Å². The molecular weight excluding hydrogens is 392 g/mol. The molecular formula is C19H24N6O3S. The standard InChI is InChI=1S/C19H24N6O3S/c1-12-9-13(2)22-19(21-12)25-8-4-5-14(10-25)11-28-16-7-3-6-15-17(16)18(20)24-29(26,27)23-15/h3,6-7,9,14,23H,4-5,8,10-11H2,1-2H3,(H2,20,24)/t14-/m0/s1. The lowest BCUT2D eigenvalue weighted by molar-refractivity contribution is 0.228. The van der Waals surface area contributed by atoms with Gasteiger partial charge in [0.05, 0.1) is 17.9 Å². The highest BCUT2D eigenvalue weighted by Crippen LogP contribution is 2.31. The largest absolute Gasteiger partial charge is 0.492 e. The predicted molar refractivity (Wildman–Crippen MR) is 112 cm³/mol. The lowest BCUT2D eigenvalue weighted by Crippen LogP contribution is -2.39. The number of anilines is 2.